The van der Waals surface area contributed by atoms with Gasteiger partial charge in [-0.15, -0.1) is 0 Å². The maximum absolute atomic E-state index is 5.52. The van der Waals surface area contributed by atoms with Gasteiger partial charge in [-0.2, -0.15) is 0 Å². The number of hydrogen-bond donors (Lipinski definition) is 1. The lowest BCUT2D eigenvalue weighted by Crippen LogP contribution is -2.18. The van der Waals surface area contributed by atoms with Crippen molar-refractivity contribution in [3.05, 3.63) is 23.7 Å². The molecule has 0 fully saturated rings. The molecule has 0 atom stereocenters. The van der Waals surface area contributed by atoms with E-state index in [0.717, 1.165) is 24.4 Å². The normalized spacial score (nSPS) is 11.2. The highest BCUT2D eigenvalue weighted by atomic mass is 16.3. The van der Waals surface area contributed by atoms with E-state index in [9.17, 15) is 0 Å². The third-order valence-electron chi connectivity index (χ3n) is 2.51. The highest BCUT2D eigenvalue weighted by Gasteiger charge is 2.04. The van der Waals surface area contributed by atoms with Crippen LogP contribution in [0, 0.1) is 0 Å². The molecule has 1 aromatic rings. The minimum atomic E-state index is 0.559. The molecule has 0 aliphatic rings. The first-order valence-electron chi connectivity index (χ1n) is 5.71. The third-order valence-corrected chi connectivity index (χ3v) is 2.51. The molecule has 0 unspecified atom stereocenters. The predicted octanol–water partition coefficient (Wildman–Crippen LogP) is 2.36. The van der Waals surface area contributed by atoms with E-state index in [-0.39, 0.29) is 0 Å². The number of unbranched alkanes of at least 4 members (excludes halogenated alkanes) is 2. The average Bonchev–Trinajstić information content (AvgIpc) is 2.66. The summed E-state index contributed by atoms with van der Waals surface area (Å²) in [6.45, 7) is 4.79. The van der Waals surface area contributed by atoms with Crippen LogP contribution in [0.2, 0.25) is 0 Å². The Labute approximate surface area is 92.2 Å². The SMILES string of the molecule is CCCCCN(C)Cc1cc(CN)co1. The summed E-state index contributed by atoms with van der Waals surface area (Å²) in [5.41, 5.74) is 6.59. The van der Waals surface area contributed by atoms with Crippen LogP contribution < -0.4 is 5.73 Å². The van der Waals surface area contributed by atoms with Crippen molar-refractivity contribution in [1.29, 1.82) is 0 Å². The number of hydrogen-bond acceptors (Lipinski definition) is 3. The van der Waals surface area contributed by atoms with Crippen LogP contribution in [0.5, 0.6) is 0 Å². The second-order valence-electron chi connectivity index (χ2n) is 4.07. The molecule has 0 bridgehead atoms. The summed E-state index contributed by atoms with van der Waals surface area (Å²) in [4.78, 5) is 2.29. The van der Waals surface area contributed by atoms with Crippen LogP contribution >= 0.6 is 0 Å². The first-order chi connectivity index (χ1) is 7.26. The van der Waals surface area contributed by atoms with E-state index in [1.807, 2.05) is 6.07 Å². The zero-order valence-corrected chi connectivity index (χ0v) is 9.83. The lowest BCUT2D eigenvalue weighted by Gasteiger charge is -2.14. The molecule has 15 heavy (non-hydrogen) atoms. The Kier molecular flexibility index (Phi) is 5.43. The minimum Gasteiger partial charge on any atom is -0.468 e. The molecule has 1 aromatic heterocycles. The van der Waals surface area contributed by atoms with Gasteiger partial charge in [0, 0.05) is 12.1 Å². The summed E-state index contributed by atoms with van der Waals surface area (Å²) >= 11 is 0. The van der Waals surface area contributed by atoms with Gasteiger partial charge >= 0.3 is 0 Å². The Balaban J connectivity index is 2.27. The van der Waals surface area contributed by atoms with E-state index in [4.69, 9.17) is 10.2 Å². The summed E-state index contributed by atoms with van der Waals surface area (Å²) in [6.07, 6.45) is 5.58. The van der Waals surface area contributed by atoms with Crippen molar-refractivity contribution in [2.75, 3.05) is 13.6 Å². The molecule has 3 nitrogen and oxygen atoms in total. The fourth-order valence-electron chi connectivity index (χ4n) is 1.59. The van der Waals surface area contributed by atoms with Gasteiger partial charge in [0.15, 0.2) is 0 Å². The molecule has 86 valence electrons. The Morgan fingerprint density at radius 2 is 2.20 bits per heavy atom. The van der Waals surface area contributed by atoms with Crippen LogP contribution in [0.25, 0.3) is 0 Å². The highest BCUT2D eigenvalue weighted by molar-refractivity contribution is 5.12. The van der Waals surface area contributed by atoms with Crippen molar-refractivity contribution >= 4 is 0 Å². The lowest BCUT2D eigenvalue weighted by molar-refractivity contribution is 0.289. The average molecular weight is 210 g/mol. The van der Waals surface area contributed by atoms with Gasteiger partial charge in [-0.1, -0.05) is 19.8 Å². The fourth-order valence-corrected chi connectivity index (χ4v) is 1.59. The van der Waals surface area contributed by atoms with Crippen molar-refractivity contribution in [3.8, 4) is 0 Å². The van der Waals surface area contributed by atoms with Gasteiger partial charge in [-0.05, 0) is 26.1 Å². The summed E-state index contributed by atoms with van der Waals surface area (Å²) in [7, 11) is 2.13. The lowest BCUT2D eigenvalue weighted by atomic mass is 10.2. The van der Waals surface area contributed by atoms with Gasteiger partial charge in [0.25, 0.3) is 0 Å². The molecule has 1 rings (SSSR count). The fraction of sp³-hybridized carbons (Fsp3) is 0.667. The molecule has 0 saturated heterocycles. The number of rotatable bonds is 7. The zero-order chi connectivity index (χ0) is 11.1. The van der Waals surface area contributed by atoms with E-state index in [1.165, 1.54) is 19.3 Å². The standard InChI is InChI=1S/C12H22N2O/c1-3-4-5-6-14(2)9-12-7-11(8-13)10-15-12/h7,10H,3-6,8-9,13H2,1-2H3. The summed E-state index contributed by atoms with van der Waals surface area (Å²) in [5.74, 6) is 1.01. The van der Waals surface area contributed by atoms with Gasteiger partial charge in [0.1, 0.15) is 5.76 Å². The smallest absolute Gasteiger partial charge is 0.118 e. The molecule has 0 aliphatic carbocycles. The van der Waals surface area contributed by atoms with Gasteiger partial charge in [-0.3, -0.25) is 4.90 Å². The third kappa shape index (κ3) is 4.49. The number of furan rings is 1. The Hall–Kier alpha value is -0.800. The number of nitrogens with two attached hydrogens (primary N) is 1. The molecule has 0 aromatic carbocycles. The Morgan fingerprint density at radius 3 is 2.80 bits per heavy atom. The van der Waals surface area contributed by atoms with Crippen molar-refractivity contribution < 1.29 is 4.42 Å². The van der Waals surface area contributed by atoms with Gasteiger partial charge in [0.05, 0.1) is 12.8 Å². The van der Waals surface area contributed by atoms with Gasteiger partial charge in [-0.25, -0.2) is 0 Å². The molecule has 0 saturated carbocycles. The number of nitrogens with zero attached hydrogens (tertiary/aromatic N) is 1. The van der Waals surface area contributed by atoms with Crippen molar-refractivity contribution in [1.82, 2.24) is 4.90 Å². The molecule has 0 radical (unpaired) electrons. The highest BCUT2D eigenvalue weighted by Crippen LogP contribution is 2.09. The molecule has 3 heteroatoms. The largest absolute Gasteiger partial charge is 0.468 e. The van der Waals surface area contributed by atoms with Crippen LogP contribution in [0.3, 0.4) is 0 Å². The monoisotopic (exact) mass is 210 g/mol. The van der Waals surface area contributed by atoms with Crippen LogP contribution in [-0.4, -0.2) is 18.5 Å². The molecule has 0 aliphatic heterocycles. The van der Waals surface area contributed by atoms with Crippen LogP contribution in [0.4, 0.5) is 0 Å². The second-order valence-corrected chi connectivity index (χ2v) is 4.07. The van der Waals surface area contributed by atoms with E-state index in [1.54, 1.807) is 6.26 Å². The van der Waals surface area contributed by atoms with Crippen molar-refractivity contribution in [2.24, 2.45) is 5.73 Å². The molecule has 0 spiro atoms. The zero-order valence-electron chi connectivity index (χ0n) is 9.83. The summed E-state index contributed by atoms with van der Waals surface area (Å²) in [5, 5.41) is 0. The van der Waals surface area contributed by atoms with Crippen molar-refractivity contribution in [2.45, 2.75) is 39.3 Å². The predicted molar refractivity (Wildman–Crippen MR) is 62.5 cm³/mol. The molecular weight excluding hydrogens is 188 g/mol. The molecule has 2 N–H and O–H groups in total. The van der Waals surface area contributed by atoms with Gasteiger partial charge in [0.2, 0.25) is 0 Å². The van der Waals surface area contributed by atoms with Gasteiger partial charge < -0.3 is 10.2 Å². The van der Waals surface area contributed by atoms with Crippen LogP contribution in [-0.2, 0) is 13.1 Å². The maximum atomic E-state index is 5.52. The quantitative estimate of drug-likeness (QED) is 0.702. The van der Waals surface area contributed by atoms with E-state index in [2.05, 4.69) is 18.9 Å². The molecular formula is C12H22N2O. The van der Waals surface area contributed by atoms with E-state index >= 15 is 0 Å². The summed E-state index contributed by atoms with van der Waals surface area (Å²) < 4.78 is 5.41. The van der Waals surface area contributed by atoms with E-state index < -0.39 is 0 Å². The van der Waals surface area contributed by atoms with E-state index in [0.29, 0.717) is 6.54 Å². The molecule has 0 amide bonds. The Morgan fingerprint density at radius 1 is 1.40 bits per heavy atom. The van der Waals surface area contributed by atoms with Crippen LogP contribution in [0.1, 0.15) is 37.5 Å². The van der Waals surface area contributed by atoms with Crippen molar-refractivity contribution in [3.63, 3.8) is 0 Å². The first-order valence-corrected chi connectivity index (χ1v) is 5.71. The second kappa shape index (κ2) is 6.64. The topological polar surface area (TPSA) is 42.4 Å². The van der Waals surface area contributed by atoms with Crippen LogP contribution in [0.15, 0.2) is 16.7 Å². The molecule has 1 heterocycles. The first kappa shape index (κ1) is 12.3. The summed E-state index contributed by atoms with van der Waals surface area (Å²) in [6, 6.07) is 2.04. The minimum absolute atomic E-state index is 0.559. The Bertz CT molecular complexity index is 270. The maximum Gasteiger partial charge on any atom is 0.118 e.